The van der Waals surface area contributed by atoms with Gasteiger partial charge in [0.2, 0.25) is 0 Å². The van der Waals surface area contributed by atoms with Crippen LogP contribution < -0.4 is 4.90 Å². The van der Waals surface area contributed by atoms with E-state index in [-0.39, 0.29) is 5.97 Å². The summed E-state index contributed by atoms with van der Waals surface area (Å²) in [5.74, 6) is -0.237. The molecule has 1 aromatic rings. The van der Waals surface area contributed by atoms with Gasteiger partial charge in [-0.1, -0.05) is 31.5 Å². The summed E-state index contributed by atoms with van der Waals surface area (Å²) in [6, 6.07) is 8.44. The van der Waals surface area contributed by atoms with E-state index in [1.807, 2.05) is 6.92 Å². The summed E-state index contributed by atoms with van der Waals surface area (Å²) in [4.78, 5) is 14.3. The third kappa shape index (κ3) is 4.36. The molecule has 0 radical (unpaired) electrons. The minimum absolute atomic E-state index is 0.237. The standard InChI is InChI=1S/C19H27NO2/c1-3-10-16(15-19(21)22-4-2)17-11-6-7-12-18(17)20-13-8-5-9-14-20/h6-7,11-12,15H,3-5,8-10,13-14H2,1-2H3/b16-15+. The molecule has 3 nitrogen and oxygen atoms in total. The van der Waals surface area contributed by atoms with Gasteiger partial charge in [-0.2, -0.15) is 0 Å². The Kier molecular flexibility index (Phi) is 6.50. The predicted octanol–water partition coefficient (Wildman–Crippen LogP) is 4.42. The molecule has 22 heavy (non-hydrogen) atoms. The van der Waals surface area contributed by atoms with Crippen LogP contribution in [0.5, 0.6) is 0 Å². The van der Waals surface area contributed by atoms with E-state index in [9.17, 15) is 4.79 Å². The van der Waals surface area contributed by atoms with E-state index in [1.165, 1.54) is 30.5 Å². The van der Waals surface area contributed by atoms with E-state index in [0.29, 0.717) is 6.61 Å². The lowest BCUT2D eigenvalue weighted by atomic mass is 9.97. The normalized spacial score (nSPS) is 15.7. The van der Waals surface area contributed by atoms with Crippen molar-refractivity contribution >= 4 is 17.2 Å². The number of ether oxygens (including phenoxy) is 1. The molecule has 0 saturated carbocycles. The summed E-state index contributed by atoms with van der Waals surface area (Å²) >= 11 is 0. The van der Waals surface area contributed by atoms with Gasteiger partial charge in [-0.15, -0.1) is 0 Å². The van der Waals surface area contributed by atoms with Crippen LogP contribution in [0.25, 0.3) is 5.57 Å². The van der Waals surface area contributed by atoms with Gasteiger partial charge in [0.25, 0.3) is 0 Å². The molecule has 0 atom stereocenters. The Morgan fingerprint density at radius 3 is 2.59 bits per heavy atom. The van der Waals surface area contributed by atoms with Crippen molar-refractivity contribution < 1.29 is 9.53 Å². The van der Waals surface area contributed by atoms with E-state index < -0.39 is 0 Å². The number of carbonyl (C=O) groups is 1. The van der Waals surface area contributed by atoms with E-state index in [1.54, 1.807) is 6.08 Å². The van der Waals surface area contributed by atoms with Gasteiger partial charge in [-0.25, -0.2) is 4.79 Å². The molecule has 0 aliphatic carbocycles. The molecule has 1 heterocycles. The highest BCUT2D eigenvalue weighted by Crippen LogP contribution is 2.31. The van der Waals surface area contributed by atoms with Crippen molar-refractivity contribution in [2.45, 2.75) is 46.0 Å². The molecule has 0 unspecified atom stereocenters. The van der Waals surface area contributed by atoms with Gasteiger partial charge < -0.3 is 9.64 Å². The maximum atomic E-state index is 11.9. The number of carbonyl (C=O) groups excluding carboxylic acids is 1. The topological polar surface area (TPSA) is 29.5 Å². The van der Waals surface area contributed by atoms with Crippen LogP contribution in [-0.2, 0) is 9.53 Å². The molecule has 120 valence electrons. The zero-order chi connectivity index (χ0) is 15.8. The van der Waals surface area contributed by atoms with Gasteiger partial charge in [0.05, 0.1) is 6.61 Å². The summed E-state index contributed by atoms with van der Waals surface area (Å²) in [6.07, 6.45) is 7.40. The summed E-state index contributed by atoms with van der Waals surface area (Å²) in [5.41, 5.74) is 3.52. The van der Waals surface area contributed by atoms with Crippen molar-refractivity contribution in [3.05, 3.63) is 35.9 Å². The molecule has 0 bridgehead atoms. The van der Waals surface area contributed by atoms with Gasteiger partial charge in [-0.3, -0.25) is 0 Å². The van der Waals surface area contributed by atoms with Crippen LogP contribution in [0.1, 0.15) is 51.5 Å². The minimum atomic E-state index is -0.237. The number of benzene rings is 1. The zero-order valence-corrected chi connectivity index (χ0v) is 13.8. The lowest BCUT2D eigenvalue weighted by molar-refractivity contribution is -0.137. The van der Waals surface area contributed by atoms with Crippen molar-refractivity contribution in [3.63, 3.8) is 0 Å². The molecule has 1 saturated heterocycles. The number of hydrogen-bond acceptors (Lipinski definition) is 3. The summed E-state index contributed by atoms with van der Waals surface area (Å²) < 4.78 is 5.10. The second-order valence-corrected chi connectivity index (χ2v) is 5.74. The molecule has 0 N–H and O–H groups in total. The summed E-state index contributed by atoms with van der Waals surface area (Å²) in [7, 11) is 0. The first-order valence-electron chi connectivity index (χ1n) is 8.48. The zero-order valence-electron chi connectivity index (χ0n) is 13.8. The number of nitrogens with zero attached hydrogens (tertiary/aromatic N) is 1. The maximum Gasteiger partial charge on any atom is 0.331 e. The summed E-state index contributed by atoms with van der Waals surface area (Å²) in [6.45, 7) is 6.61. The lowest BCUT2D eigenvalue weighted by Crippen LogP contribution is -2.30. The average Bonchev–Trinajstić information content (AvgIpc) is 2.55. The van der Waals surface area contributed by atoms with Gasteiger partial charge in [0.1, 0.15) is 0 Å². The van der Waals surface area contributed by atoms with Crippen molar-refractivity contribution in [2.75, 3.05) is 24.6 Å². The molecule has 1 aliphatic heterocycles. The quantitative estimate of drug-likeness (QED) is 0.575. The Balaban J connectivity index is 2.32. The first-order valence-corrected chi connectivity index (χ1v) is 8.48. The lowest BCUT2D eigenvalue weighted by Gasteiger charge is -2.31. The van der Waals surface area contributed by atoms with Crippen molar-refractivity contribution in [3.8, 4) is 0 Å². The number of hydrogen-bond donors (Lipinski definition) is 0. The first kappa shape index (κ1) is 16.6. The predicted molar refractivity (Wildman–Crippen MR) is 92.0 cm³/mol. The fraction of sp³-hybridized carbons (Fsp3) is 0.526. The highest BCUT2D eigenvalue weighted by atomic mass is 16.5. The van der Waals surface area contributed by atoms with Crippen molar-refractivity contribution in [1.29, 1.82) is 0 Å². The monoisotopic (exact) mass is 301 g/mol. The minimum Gasteiger partial charge on any atom is -0.463 e. The highest BCUT2D eigenvalue weighted by molar-refractivity contribution is 5.93. The molecule has 1 aromatic carbocycles. The SMILES string of the molecule is CCC/C(=C\C(=O)OCC)c1ccccc1N1CCCCC1. The fourth-order valence-corrected chi connectivity index (χ4v) is 3.04. The van der Waals surface area contributed by atoms with Crippen LogP contribution >= 0.6 is 0 Å². The molecular formula is C19H27NO2. The van der Waals surface area contributed by atoms with E-state index >= 15 is 0 Å². The molecular weight excluding hydrogens is 274 g/mol. The highest BCUT2D eigenvalue weighted by Gasteiger charge is 2.16. The smallest absolute Gasteiger partial charge is 0.331 e. The average molecular weight is 301 g/mol. The van der Waals surface area contributed by atoms with Crippen LogP contribution in [0.2, 0.25) is 0 Å². The van der Waals surface area contributed by atoms with Crippen LogP contribution in [0.15, 0.2) is 30.3 Å². The van der Waals surface area contributed by atoms with E-state index in [0.717, 1.165) is 31.5 Å². The number of rotatable bonds is 6. The maximum absolute atomic E-state index is 11.9. The Hall–Kier alpha value is -1.77. The van der Waals surface area contributed by atoms with Gasteiger partial charge >= 0.3 is 5.97 Å². The Morgan fingerprint density at radius 2 is 1.91 bits per heavy atom. The molecule has 3 heteroatoms. The summed E-state index contributed by atoms with van der Waals surface area (Å²) in [5, 5.41) is 0. The second-order valence-electron chi connectivity index (χ2n) is 5.74. The van der Waals surface area contributed by atoms with Crippen LogP contribution in [0.3, 0.4) is 0 Å². The number of para-hydroxylation sites is 1. The molecule has 0 amide bonds. The van der Waals surface area contributed by atoms with Gasteiger partial charge in [-0.05, 0) is 44.2 Å². The van der Waals surface area contributed by atoms with Gasteiger partial charge in [0.15, 0.2) is 0 Å². The Bertz CT molecular complexity index is 516. The van der Waals surface area contributed by atoms with E-state index in [4.69, 9.17) is 4.74 Å². The first-order chi connectivity index (χ1) is 10.8. The second kappa shape index (κ2) is 8.62. The number of esters is 1. The number of anilines is 1. The van der Waals surface area contributed by atoms with E-state index in [2.05, 4.69) is 36.1 Å². The van der Waals surface area contributed by atoms with Crippen molar-refractivity contribution in [1.82, 2.24) is 0 Å². The van der Waals surface area contributed by atoms with Crippen LogP contribution in [0, 0.1) is 0 Å². The molecule has 0 aromatic heterocycles. The molecule has 1 aliphatic rings. The van der Waals surface area contributed by atoms with Crippen LogP contribution in [0.4, 0.5) is 5.69 Å². The van der Waals surface area contributed by atoms with Crippen LogP contribution in [-0.4, -0.2) is 25.7 Å². The molecule has 0 spiro atoms. The largest absolute Gasteiger partial charge is 0.463 e. The number of allylic oxidation sites excluding steroid dienone is 1. The molecule has 2 rings (SSSR count). The third-order valence-electron chi connectivity index (χ3n) is 4.04. The fourth-order valence-electron chi connectivity index (χ4n) is 3.04. The molecule has 1 fully saturated rings. The number of piperidine rings is 1. The van der Waals surface area contributed by atoms with Gasteiger partial charge in [0, 0.05) is 30.4 Å². The van der Waals surface area contributed by atoms with Crippen molar-refractivity contribution in [2.24, 2.45) is 0 Å². The third-order valence-corrected chi connectivity index (χ3v) is 4.04. The Morgan fingerprint density at radius 1 is 1.18 bits per heavy atom. The Labute approximate surface area is 134 Å².